The number of nitrogens with zero attached hydrogens (tertiary/aromatic N) is 2. The van der Waals surface area contributed by atoms with Crippen LogP contribution in [0, 0.1) is 14.9 Å². The number of carbonyl (C=O) groups excluding carboxylic acids is 1. The molecule has 0 saturated carbocycles. The van der Waals surface area contributed by atoms with Crippen LogP contribution in [0.25, 0.3) is 16.6 Å². The van der Waals surface area contributed by atoms with E-state index in [1.165, 1.54) is 0 Å². The molecule has 27 heavy (non-hydrogen) atoms. The van der Waals surface area contributed by atoms with Crippen molar-refractivity contribution in [1.82, 2.24) is 4.98 Å². The number of pyridine rings is 1. The van der Waals surface area contributed by atoms with Gasteiger partial charge < -0.3 is 35.7 Å². The fourth-order valence-electron chi connectivity index (χ4n) is 1.63. The molecule has 1 aromatic heterocycles. The standard InChI is InChI=1S/C16H20N3O.C2H6.2CH3.3V/c1-5-7-8-12(6-2)13-9-10-14(19-15(13)17)16(20)18-11(3)4;1-2;;;;;/h5-11H,1H2,2-4H3,(H2-,17,18,19,20);1-2H3;2*1H3;;;/q-1;;2*-1;;;+2/p-1/b8-7-,12-6+;;;;;;. The van der Waals surface area contributed by atoms with Crippen molar-refractivity contribution in [3.8, 4) is 0 Å². The molecule has 0 aliphatic carbocycles. The molecule has 0 aliphatic rings. The van der Waals surface area contributed by atoms with E-state index >= 15 is 0 Å². The van der Waals surface area contributed by atoms with E-state index in [4.69, 9.17) is 5.73 Å². The van der Waals surface area contributed by atoms with Gasteiger partial charge in [-0.05, 0) is 23.8 Å². The van der Waals surface area contributed by atoms with Crippen LogP contribution in [0.4, 0.5) is 5.82 Å². The van der Waals surface area contributed by atoms with Gasteiger partial charge in [0, 0.05) is 37.1 Å². The summed E-state index contributed by atoms with van der Waals surface area (Å²) in [5, 5.41) is 3.91. The SMILES string of the molecule is C=C/C=C\C(=C/C)c1ccc(C(=O)[N-]C(C)C)nc1[NH-].CC.[CH3-].[CH3-].[V+2].[V].[V]. The van der Waals surface area contributed by atoms with Crippen LogP contribution in [0.1, 0.15) is 50.7 Å². The van der Waals surface area contributed by atoms with E-state index in [9.17, 15) is 4.79 Å². The number of hydrogen-bond acceptors (Lipinski definition) is 2. The second-order valence-electron chi connectivity index (χ2n) is 4.46. The molecule has 3 radical (unpaired) electrons. The number of amides is 1. The fraction of sp³-hybridized carbons (Fsp3) is 0.300. The average Bonchev–Trinajstić information content (AvgIpc) is 2.50. The summed E-state index contributed by atoms with van der Waals surface area (Å²) < 4.78 is 0. The molecule has 1 amide bonds. The van der Waals surface area contributed by atoms with Gasteiger partial charge in [-0.15, -0.1) is 6.04 Å². The van der Waals surface area contributed by atoms with E-state index in [0.29, 0.717) is 5.56 Å². The summed E-state index contributed by atoms with van der Waals surface area (Å²) in [7, 11) is 0. The van der Waals surface area contributed by atoms with Gasteiger partial charge in [0.1, 0.15) is 0 Å². The Kier molecular flexibility index (Phi) is 35.5. The van der Waals surface area contributed by atoms with E-state index < -0.39 is 0 Å². The maximum Gasteiger partial charge on any atom is 2.00 e. The molecule has 149 valence electrons. The number of allylic oxidation sites excluding steroid dienone is 5. The van der Waals surface area contributed by atoms with Gasteiger partial charge in [0.15, 0.2) is 0 Å². The first-order chi connectivity index (χ1) is 10.5. The zero-order valence-corrected chi connectivity index (χ0v) is 21.6. The van der Waals surface area contributed by atoms with Gasteiger partial charge in [-0.3, -0.25) is 0 Å². The second kappa shape index (κ2) is 23.4. The molecule has 1 heterocycles. The van der Waals surface area contributed by atoms with Gasteiger partial charge in [0.2, 0.25) is 0 Å². The Labute approximate surface area is 202 Å². The first kappa shape index (κ1) is 40.9. The molecular weight excluding hydrogens is 451 g/mol. The number of nitrogens with one attached hydrogen (secondary N) is 1. The van der Waals surface area contributed by atoms with Crippen LogP contribution in [0.15, 0.2) is 43.0 Å². The molecule has 1 rings (SSSR count). The topological polar surface area (TPSA) is 67.9 Å². The van der Waals surface area contributed by atoms with Crippen molar-refractivity contribution in [2.75, 3.05) is 0 Å². The van der Waals surface area contributed by atoms with Gasteiger partial charge in [-0.25, -0.2) is 0 Å². The molecule has 0 unspecified atom stereocenters. The zero-order valence-electron chi connectivity index (χ0n) is 17.4. The van der Waals surface area contributed by atoms with Gasteiger partial charge in [0.25, 0.3) is 0 Å². The summed E-state index contributed by atoms with van der Waals surface area (Å²) >= 11 is 0. The minimum atomic E-state index is -0.385. The molecule has 0 spiro atoms. The van der Waals surface area contributed by atoms with E-state index in [0.717, 1.165) is 5.57 Å². The fourth-order valence-corrected chi connectivity index (χ4v) is 1.63. The molecule has 7 heteroatoms. The van der Waals surface area contributed by atoms with Gasteiger partial charge >= 0.3 is 18.6 Å². The maximum atomic E-state index is 11.8. The van der Waals surface area contributed by atoms with Crippen molar-refractivity contribution in [2.24, 2.45) is 0 Å². The number of aromatic nitrogens is 1. The van der Waals surface area contributed by atoms with Crippen LogP contribution in [0.5, 0.6) is 0 Å². The normalized spacial score (nSPS) is 9.04. The minimum Gasteiger partial charge on any atom is -0.647 e. The summed E-state index contributed by atoms with van der Waals surface area (Å²) in [4.78, 5) is 15.8. The summed E-state index contributed by atoms with van der Waals surface area (Å²) in [6.45, 7) is 13.1. The van der Waals surface area contributed by atoms with E-state index in [2.05, 4.69) is 16.9 Å². The summed E-state index contributed by atoms with van der Waals surface area (Å²) in [5.41, 5.74) is 9.69. The molecule has 0 atom stereocenters. The van der Waals surface area contributed by atoms with Crippen molar-refractivity contribution in [1.29, 1.82) is 0 Å². The van der Waals surface area contributed by atoms with Crippen LogP contribution in [0.2, 0.25) is 0 Å². The molecule has 0 aliphatic heterocycles. The Hall–Kier alpha value is -0.607. The first-order valence-electron chi connectivity index (χ1n) is 7.43. The number of rotatable bonds is 5. The molecular formula is C20H31N3OV3-2. The predicted octanol–water partition coefficient (Wildman–Crippen LogP) is 6.75. The third-order valence-electron chi connectivity index (χ3n) is 2.52. The smallest absolute Gasteiger partial charge is 0.647 e. The molecule has 0 aromatic carbocycles. The van der Waals surface area contributed by atoms with Crippen molar-refractivity contribution in [2.45, 2.75) is 40.7 Å². The summed E-state index contributed by atoms with van der Waals surface area (Å²) in [5.74, 6) is -0.319. The van der Waals surface area contributed by atoms with E-state index in [-0.39, 0.29) is 94.0 Å². The molecule has 1 aromatic rings. The Morgan fingerprint density at radius 2 is 1.74 bits per heavy atom. The summed E-state index contributed by atoms with van der Waals surface area (Å²) in [6.07, 6.45) is 7.19. The molecule has 1 N–H and O–H groups in total. The monoisotopic (exact) mass is 482 g/mol. The third-order valence-corrected chi connectivity index (χ3v) is 2.52. The number of carbonyl (C=O) groups is 1. The van der Waals surface area contributed by atoms with Crippen LogP contribution in [-0.2, 0) is 55.7 Å². The van der Waals surface area contributed by atoms with Crippen LogP contribution >= 0.6 is 0 Å². The average molecular weight is 482 g/mol. The quantitative estimate of drug-likeness (QED) is 0.344. The number of hydrogen-bond donors (Lipinski definition) is 0. The van der Waals surface area contributed by atoms with Crippen molar-refractivity contribution in [3.63, 3.8) is 0 Å². The molecule has 0 saturated heterocycles. The van der Waals surface area contributed by atoms with Gasteiger partial charge in [-0.2, -0.15) is 0 Å². The Morgan fingerprint density at radius 3 is 2.11 bits per heavy atom. The first-order valence-corrected chi connectivity index (χ1v) is 7.43. The van der Waals surface area contributed by atoms with Crippen molar-refractivity contribution >= 4 is 17.3 Å². The van der Waals surface area contributed by atoms with Gasteiger partial charge in [0.05, 0.1) is 5.91 Å². The largest absolute Gasteiger partial charge is 2.00 e. The van der Waals surface area contributed by atoms with Crippen LogP contribution in [-0.4, -0.2) is 16.9 Å². The maximum absolute atomic E-state index is 11.8. The van der Waals surface area contributed by atoms with Crippen LogP contribution < -0.4 is 0 Å². The molecule has 0 bridgehead atoms. The second-order valence-corrected chi connectivity index (χ2v) is 4.46. The van der Waals surface area contributed by atoms with Crippen molar-refractivity contribution in [3.05, 3.63) is 80.2 Å². The zero-order chi connectivity index (χ0) is 17.1. The Morgan fingerprint density at radius 1 is 1.22 bits per heavy atom. The molecule has 0 fully saturated rings. The predicted molar refractivity (Wildman–Crippen MR) is 108 cm³/mol. The minimum absolute atomic E-state index is 0. The van der Waals surface area contributed by atoms with Gasteiger partial charge in [-0.1, -0.05) is 76.5 Å². The van der Waals surface area contributed by atoms with Crippen molar-refractivity contribution < 1.29 is 60.5 Å². The Bertz CT molecular complexity index is 572. The Balaban J connectivity index is -0.000000152. The van der Waals surface area contributed by atoms with E-state index in [1.54, 1.807) is 24.3 Å². The third kappa shape index (κ3) is 15.0. The summed E-state index contributed by atoms with van der Waals surface area (Å²) in [6, 6.07) is 3.24. The molecule has 4 nitrogen and oxygen atoms in total. The van der Waals surface area contributed by atoms with E-state index in [1.807, 2.05) is 46.8 Å². The van der Waals surface area contributed by atoms with Crippen LogP contribution in [0.3, 0.4) is 0 Å².